The van der Waals surface area contributed by atoms with Crippen LogP contribution in [0.3, 0.4) is 0 Å². The smallest absolute Gasteiger partial charge is 0.370 e. The van der Waals surface area contributed by atoms with E-state index in [0.29, 0.717) is 31.3 Å². The minimum absolute atomic E-state index is 0. The van der Waals surface area contributed by atoms with Gasteiger partial charge in [0.25, 0.3) is 0 Å². The number of hydrogen-bond donors (Lipinski definition) is 3. The molecule has 0 saturated carbocycles. The molecule has 0 amide bonds. The van der Waals surface area contributed by atoms with Gasteiger partial charge in [-0.2, -0.15) is 13.2 Å². The molecule has 1 aromatic carbocycles. The van der Waals surface area contributed by atoms with Crippen molar-refractivity contribution in [2.24, 2.45) is 10.7 Å². The van der Waals surface area contributed by atoms with Crippen molar-refractivity contribution in [3.8, 4) is 0 Å². The van der Waals surface area contributed by atoms with Crippen molar-refractivity contribution in [2.75, 3.05) is 23.7 Å². The summed E-state index contributed by atoms with van der Waals surface area (Å²) in [7, 11) is 0. The molecule has 0 fully saturated rings. The highest BCUT2D eigenvalue weighted by atomic mass is 79.9. The first kappa shape index (κ1) is 20.8. The molecule has 0 aliphatic rings. The van der Waals surface area contributed by atoms with Gasteiger partial charge in [-0.25, -0.2) is 4.98 Å². The van der Waals surface area contributed by atoms with E-state index in [-0.39, 0.29) is 17.0 Å². The van der Waals surface area contributed by atoms with Crippen molar-refractivity contribution in [3.63, 3.8) is 0 Å². The maximum atomic E-state index is 12.4. The lowest BCUT2D eigenvalue weighted by Gasteiger charge is -2.08. The predicted molar refractivity (Wildman–Crippen MR) is 99.2 cm³/mol. The fraction of sp³-hybridized carbons (Fsp3) is 0.250. The van der Waals surface area contributed by atoms with E-state index in [0.717, 1.165) is 18.0 Å². The molecule has 1 heterocycles. The molecule has 0 spiro atoms. The second kappa shape index (κ2) is 9.87. The molecule has 25 heavy (non-hydrogen) atoms. The summed E-state index contributed by atoms with van der Waals surface area (Å²) in [6, 6.07) is 11.7. The fourth-order valence-corrected chi connectivity index (χ4v) is 1.87. The molecule has 9 heteroatoms. The highest BCUT2D eigenvalue weighted by Gasteiger charge is 2.30. The summed E-state index contributed by atoms with van der Waals surface area (Å²) >= 11 is 0. The van der Waals surface area contributed by atoms with E-state index in [9.17, 15) is 13.2 Å². The summed E-state index contributed by atoms with van der Waals surface area (Å²) in [4.78, 5) is 7.90. The van der Waals surface area contributed by atoms with Crippen LogP contribution in [0.5, 0.6) is 0 Å². The molecule has 1 aromatic heterocycles. The Labute approximate surface area is 154 Å². The number of guanidine groups is 1. The maximum Gasteiger partial charge on any atom is 0.417 e. The molecule has 0 radical (unpaired) electrons. The van der Waals surface area contributed by atoms with Crippen molar-refractivity contribution >= 4 is 34.4 Å². The first-order valence-corrected chi connectivity index (χ1v) is 7.34. The minimum atomic E-state index is -4.37. The van der Waals surface area contributed by atoms with Gasteiger partial charge in [0.15, 0.2) is 5.96 Å². The first-order chi connectivity index (χ1) is 11.4. The molecule has 5 nitrogen and oxygen atoms in total. The van der Waals surface area contributed by atoms with Gasteiger partial charge in [-0.3, -0.25) is 4.99 Å². The largest absolute Gasteiger partial charge is 0.417 e. The zero-order valence-electron chi connectivity index (χ0n) is 13.3. The number of halogens is 4. The molecular weight excluding hydrogens is 399 g/mol. The van der Waals surface area contributed by atoms with Crippen molar-refractivity contribution in [2.45, 2.75) is 12.6 Å². The van der Waals surface area contributed by atoms with E-state index in [1.54, 1.807) is 0 Å². The van der Waals surface area contributed by atoms with Crippen LogP contribution >= 0.6 is 17.0 Å². The highest BCUT2D eigenvalue weighted by Crippen LogP contribution is 2.28. The summed E-state index contributed by atoms with van der Waals surface area (Å²) in [6.07, 6.45) is -2.90. The summed E-state index contributed by atoms with van der Waals surface area (Å²) in [5, 5.41) is 5.90. The van der Waals surface area contributed by atoms with Crippen molar-refractivity contribution in [3.05, 3.63) is 54.2 Å². The summed E-state index contributed by atoms with van der Waals surface area (Å²) < 4.78 is 37.2. The van der Waals surface area contributed by atoms with Gasteiger partial charge in [-0.15, -0.1) is 17.0 Å². The number of nitrogens with zero attached hydrogens (tertiary/aromatic N) is 2. The number of hydrogen-bond acceptors (Lipinski definition) is 3. The molecule has 0 aliphatic heterocycles. The number of pyridine rings is 1. The number of anilines is 2. The van der Waals surface area contributed by atoms with Crippen LogP contribution in [0.1, 0.15) is 12.0 Å². The van der Waals surface area contributed by atoms with E-state index in [1.807, 2.05) is 30.3 Å². The Morgan fingerprint density at radius 2 is 1.84 bits per heavy atom. The lowest BCUT2D eigenvalue weighted by atomic mass is 10.3. The lowest BCUT2D eigenvalue weighted by Crippen LogP contribution is -2.23. The maximum absolute atomic E-state index is 12.4. The monoisotopic (exact) mass is 417 g/mol. The van der Waals surface area contributed by atoms with E-state index < -0.39 is 11.7 Å². The van der Waals surface area contributed by atoms with Crippen LogP contribution in [0.15, 0.2) is 53.7 Å². The molecule has 2 rings (SSSR count). The van der Waals surface area contributed by atoms with Crippen molar-refractivity contribution in [1.82, 2.24) is 4.98 Å². The van der Waals surface area contributed by atoms with E-state index in [4.69, 9.17) is 5.73 Å². The lowest BCUT2D eigenvalue weighted by molar-refractivity contribution is -0.137. The minimum Gasteiger partial charge on any atom is -0.370 e. The van der Waals surface area contributed by atoms with Crippen LogP contribution in [0.2, 0.25) is 0 Å². The van der Waals surface area contributed by atoms with E-state index >= 15 is 0 Å². The van der Waals surface area contributed by atoms with Crippen LogP contribution in [-0.2, 0) is 6.18 Å². The second-order valence-electron chi connectivity index (χ2n) is 4.97. The molecule has 2 aromatic rings. The van der Waals surface area contributed by atoms with Crippen molar-refractivity contribution in [1.29, 1.82) is 0 Å². The van der Waals surface area contributed by atoms with Crippen LogP contribution in [0, 0.1) is 0 Å². The van der Waals surface area contributed by atoms with Crippen LogP contribution in [0.4, 0.5) is 24.7 Å². The standard InChI is InChI=1S/C16H18F3N5.BrH/c17-16(18,19)12-7-8-14(23-11-12)21-9-4-10-22-15(20)24-13-5-2-1-3-6-13;/h1-3,5-8,11H,4,9-10H2,(H,21,23)(H3,20,22,24);1H. The number of benzene rings is 1. The molecule has 4 N–H and O–H groups in total. The number of alkyl halides is 3. The number of aliphatic imine (C=N–C) groups is 1. The molecule has 0 saturated heterocycles. The number of para-hydroxylation sites is 1. The summed E-state index contributed by atoms with van der Waals surface area (Å²) in [6.45, 7) is 1.01. The third-order valence-electron chi connectivity index (χ3n) is 3.06. The SMILES string of the molecule is Br.NC(=NCCCNc1ccc(C(F)(F)F)cn1)Nc1ccccc1. The topological polar surface area (TPSA) is 75.3 Å². The van der Waals surface area contributed by atoms with Crippen LogP contribution in [0.25, 0.3) is 0 Å². The average Bonchev–Trinajstić information content (AvgIpc) is 2.55. The molecule has 0 unspecified atom stereocenters. The summed E-state index contributed by atoms with van der Waals surface area (Å²) in [5.41, 5.74) is 5.84. The first-order valence-electron chi connectivity index (χ1n) is 7.34. The van der Waals surface area contributed by atoms with E-state index in [2.05, 4.69) is 20.6 Å². The van der Waals surface area contributed by atoms with Gasteiger partial charge in [0.2, 0.25) is 0 Å². The van der Waals surface area contributed by atoms with Gasteiger partial charge in [0.05, 0.1) is 5.56 Å². The Kier molecular flexibility index (Phi) is 8.20. The Morgan fingerprint density at radius 1 is 1.12 bits per heavy atom. The Morgan fingerprint density at radius 3 is 2.44 bits per heavy atom. The molecular formula is C16H19BrF3N5. The highest BCUT2D eigenvalue weighted by molar-refractivity contribution is 8.93. The summed E-state index contributed by atoms with van der Waals surface area (Å²) in [5.74, 6) is 0.705. The Hall–Kier alpha value is -2.29. The number of aromatic nitrogens is 1. The Bertz CT molecular complexity index is 660. The van der Waals surface area contributed by atoms with Crippen LogP contribution < -0.4 is 16.4 Å². The third-order valence-corrected chi connectivity index (χ3v) is 3.06. The van der Waals surface area contributed by atoms with E-state index in [1.165, 1.54) is 6.07 Å². The molecule has 0 bridgehead atoms. The Balaban J connectivity index is 0.00000312. The third kappa shape index (κ3) is 7.42. The zero-order valence-corrected chi connectivity index (χ0v) is 15.0. The quantitative estimate of drug-likeness (QED) is 0.378. The fourth-order valence-electron chi connectivity index (χ4n) is 1.87. The normalized spacial score (nSPS) is 11.6. The number of nitrogens with one attached hydrogen (secondary N) is 2. The molecule has 0 aliphatic carbocycles. The van der Waals surface area contributed by atoms with Gasteiger partial charge >= 0.3 is 6.18 Å². The molecule has 0 atom stereocenters. The average molecular weight is 418 g/mol. The van der Waals surface area contributed by atoms with Crippen LogP contribution in [-0.4, -0.2) is 24.0 Å². The molecule has 136 valence electrons. The zero-order chi connectivity index (χ0) is 17.4. The van der Waals surface area contributed by atoms with Gasteiger partial charge in [-0.05, 0) is 30.7 Å². The van der Waals surface area contributed by atoms with Crippen molar-refractivity contribution < 1.29 is 13.2 Å². The number of nitrogens with two attached hydrogens (primary N) is 1. The number of rotatable bonds is 6. The van der Waals surface area contributed by atoms with Gasteiger partial charge in [0.1, 0.15) is 5.82 Å². The van der Waals surface area contributed by atoms with Gasteiger partial charge in [0, 0.05) is 25.0 Å². The van der Waals surface area contributed by atoms with Gasteiger partial charge < -0.3 is 16.4 Å². The second-order valence-corrected chi connectivity index (χ2v) is 4.97. The predicted octanol–water partition coefficient (Wildman–Crippen LogP) is 3.91. The van der Waals surface area contributed by atoms with Gasteiger partial charge in [-0.1, -0.05) is 18.2 Å².